The van der Waals surface area contributed by atoms with Gasteiger partial charge in [-0.1, -0.05) is 0 Å². The van der Waals surface area contributed by atoms with Crippen LogP contribution in [0.4, 0.5) is 4.39 Å². The van der Waals surface area contributed by atoms with E-state index in [1.165, 1.54) is 23.5 Å². The summed E-state index contributed by atoms with van der Waals surface area (Å²) < 4.78 is 19.6. The number of thiophene rings is 1. The van der Waals surface area contributed by atoms with Crippen molar-refractivity contribution in [3.05, 3.63) is 47.0 Å². The molecule has 0 saturated heterocycles. The summed E-state index contributed by atoms with van der Waals surface area (Å²) in [5.41, 5.74) is 3.42. The van der Waals surface area contributed by atoms with E-state index in [4.69, 9.17) is 21.3 Å². The number of aryl methyl sites for hydroxylation is 1. The topological polar surface area (TPSA) is 47.9 Å². The van der Waals surface area contributed by atoms with Crippen molar-refractivity contribution in [2.45, 2.75) is 13.8 Å². The van der Waals surface area contributed by atoms with Gasteiger partial charge in [0.2, 0.25) is 11.2 Å². The van der Waals surface area contributed by atoms with E-state index < -0.39 is 0 Å². The molecule has 25 heavy (non-hydrogen) atoms. The summed E-state index contributed by atoms with van der Waals surface area (Å²) in [7, 11) is 0. The molecular formula is C18H13ClFN3OS. The zero-order valence-corrected chi connectivity index (χ0v) is 15.1. The van der Waals surface area contributed by atoms with Crippen molar-refractivity contribution in [2.24, 2.45) is 0 Å². The third kappa shape index (κ3) is 2.81. The smallest absolute Gasteiger partial charge is 0.236 e. The molecule has 7 heteroatoms. The Morgan fingerprint density at radius 2 is 1.92 bits per heavy atom. The van der Waals surface area contributed by atoms with Gasteiger partial charge in [-0.3, -0.25) is 0 Å². The number of rotatable bonds is 3. The lowest BCUT2D eigenvalue weighted by molar-refractivity contribution is 0.331. The fourth-order valence-corrected chi connectivity index (χ4v) is 4.07. The van der Waals surface area contributed by atoms with Gasteiger partial charge in [0, 0.05) is 10.9 Å². The minimum atomic E-state index is -0.269. The highest BCUT2D eigenvalue weighted by molar-refractivity contribution is 7.25. The molecule has 4 aromatic rings. The summed E-state index contributed by atoms with van der Waals surface area (Å²) in [4.78, 5) is 14.1. The molecule has 0 aliphatic heterocycles. The van der Waals surface area contributed by atoms with Gasteiger partial charge in [-0.2, -0.15) is 4.98 Å². The van der Waals surface area contributed by atoms with Crippen LogP contribution in [0, 0.1) is 12.7 Å². The Morgan fingerprint density at radius 3 is 2.64 bits per heavy atom. The molecule has 0 unspecified atom stereocenters. The van der Waals surface area contributed by atoms with Crippen molar-refractivity contribution < 1.29 is 9.13 Å². The predicted molar refractivity (Wildman–Crippen MR) is 99.0 cm³/mol. The number of benzene rings is 1. The zero-order chi connectivity index (χ0) is 17.6. The molecule has 0 bridgehead atoms. The molecule has 0 amide bonds. The first kappa shape index (κ1) is 16.2. The van der Waals surface area contributed by atoms with Crippen molar-refractivity contribution in [1.29, 1.82) is 0 Å². The lowest BCUT2D eigenvalue weighted by Gasteiger charge is -2.04. The van der Waals surface area contributed by atoms with Crippen molar-refractivity contribution in [3.63, 3.8) is 0 Å². The monoisotopic (exact) mass is 373 g/mol. The van der Waals surface area contributed by atoms with Crippen LogP contribution in [0.3, 0.4) is 0 Å². The van der Waals surface area contributed by atoms with Gasteiger partial charge in [0.05, 0.1) is 17.8 Å². The average Bonchev–Trinajstić information content (AvgIpc) is 2.95. The zero-order valence-electron chi connectivity index (χ0n) is 13.5. The van der Waals surface area contributed by atoms with Gasteiger partial charge >= 0.3 is 0 Å². The number of hydrogen-bond donors (Lipinski definition) is 0. The molecule has 126 valence electrons. The Hall–Kier alpha value is -2.31. The molecule has 0 aliphatic carbocycles. The number of halogens is 2. The standard InChI is InChI=1S/C18H13ClFN3OS/c1-3-24-16-15-14(22-18(19)23-16)13-9(2)8-12(21-17(13)25-15)10-4-6-11(20)7-5-10/h4-8H,3H2,1-2H3. The Balaban J connectivity index is 1.99. The number of nitrogens with zero attached hydrogens (tertiary/aromatic N) is 3. The lowest BCUT2D eigenvalue weighted by atomic mass is 10.1. The number of hydrogen-bond acceptors (Lipinski definition) is 5. The summed E-state index contributed by atoms with van der Waals surface area (Å²) >= 11 is 7.53. The van der Waals surface area contributed by atoms with Gasteiger partial charge < -0.3 is 4.74 Å². The summed E-state index contributed by atoms with van der Waals surface area (Å²) in [6.45, 7) is 4.38. The van der Waals surface area contributed by atoms with Gasteiger partial charge in [-0.25, -0.2) is 14.4 Å². The Labute approximate surface area is 152 Å². The molecule has 0 radical (unpaired) electrons. The van der Waals surface area contributed by atoms with E-state index in [2.05, 4.69) is 9.97 Å². The lowest BCUT2D eigenvalue weighted by Crippen LogP contribution is -1.96. The second-order valence-electron chi connectivity index (χ2n) is 5.52. The van der Waals surface area contributed by atoms with E-state index in [0.717, 1.165) is 37.3 Å². The van der Waals surface area contributed by atoms with Crippen LogP contribution >= 0.6 is 22.9 Å². The minimum absolute atomic E-state index is 0.151. The second-order valence-corrected chi connectivity index (χ2v) is 6.86. The largest absolute Gasteiger partial charge is 0.477 e. The molecule has 3 aromatic heterocycles. The molecule has 0 N–H and O–H groups in total. The highest BCUT2D eigenvalue weighted by Crippen LogP contribution is 2.39. The Morgan fingerprint density at radius 1 is 1.16 bits per heavy atom. The normalized spacial score (nSPS) is 11.4. The second kappa shape index (κ2) is 6.20. The maximum absolute atomic E-state index is 13.2. The van der Waals surface area contributed by atoms with Crippen LogP contribution in [-0.2, 0) is 0 Å². The maximum atomic E-state index is 13.2. The molecule has 1 aromatic carbocycles. The SMILES string of the molecule is CCOc1nc(Cl)nc2c1sc1nc(-c3ccc(F)cc3)cc(C)c12. The molecule has 0 aliphatic rings. The van der Waals surface area contributed by atoms with Crippen LogP contribution in [-0.4, -0.2) is 21.6 Å². The van der Waals surface area contributed by atoms with E-state index in [0.29, 0.717) is 12.5 Å². The minimum Gasteiger partial charge on any atom is -0.477 e. The number of pyridine rings is 1. The average molecular weight is 374 g/mol. The van der Waals surface area contributed by atoms with Crippen molar-refractivity contribution in [2.75, 3.05) is 6.61 Å². The molecule has 0 spiro atoms. The first-order valence-electron chi connectivity index (χ1n) is 7.73. The van der Waals surface area contributed by atoms with Crippen LogP contribution in [0.5, 0.6) is 5.88 Å². The third-order valence-electron chi connectivity index (χ3n) is 3.85. The summed E-state index contributed by atoms with van der Waals surface area (Å²) in [5.74, 6) is 0.206. The van der Waals surface area contributed by atoms with Crippen LogP contribution in [0.1, 0.15) is 12.5 Å². The summed E-state index contributed by atoms with van der Waals surface area (Å²) in [6.07, 6.45) is 0. The van der Waals surface area contributed by atoms with Crippen LogP contribution in [0.2, 0.25) is 5.28 Å². The van der Waals surface area contributed by atoms with Crippen molar-refractivity contribution in [1.82, 2.24) is 15.0 Å². The fourth-order valence-electron chi connectivity index (χ4n) is 2.77. The third-order valence-corrected chi connectivity index (χ3v) is 5.08. The molecule has 0 saturated carbocycles. The first-order chi connectivity index (χ1) is 12.1. The number of fused-ring (bicyclic) bond motifs is 3. The van der Waals surface area contributed by atoms with Gasteiger partial charge in [-0.05, 0) is 61.3 Å². The summed E-state index contributed by atoms with van der Waals surface area (Å²) in [5, 5.41) is 1.09. The highest BCUT2D eigenvalue weighted by Gasteiger charge is 2.18. The van der Waals surface area contributed by atoms with Crippen LogP contribution in [0.15, 0.2) is 30.3 Å². The van der Waals surface area contributed by atoms with Gasteiger partial charge in [0.15, 0.2) is 0 Å². The summed E-state index contributed by atoms with van der Waals surface area (Å²) in [6, 6.07) is 8.27. The van der Waals surface area contributed by atoms with E-state index in [9.17, 15) is 4.39 Å². The van der Waals surface area contributed by atoms with Crippen LogP contribution in [0.25, 0.3) is 31.7 Å². The molecular weight excluding hydrogens is 361 g/mol. The molecule has 4 nitrogen and oxygen atoms in total. The number of aromatic nitrogens is 3. The molecule has 0 atom stereocenters. The van der Waals surface area contributed by atoms with Crippen molar-refractivity contribution in [3.8, 4) is 17.1 Å². The van der Waals surface area contributed by atoms with Crippen LogP contribution < -0.4 is 4.74 Å². The van der Waals surface area contributed by atoms with Gasteiger partial charge in [0.1, 0.15) is 15.3 Å². The van der Waals surface area contributed by atoms with E-state index >= 15 is 0 Å². The molecule has 4 rings (SSSR count). The maximum Gasteiger partial charge on any atom is 0.236 e. The Bertz CT molecular complexity index is 1100. The van der Waals surface area contributed by atoms with Gasteiger partial charge in [-0.15, -0.1) is 11.3 Å². The number of ether oxygens (including phenoxy) is 1. The predicted octanol–water partition coefficient (Wildman–Crippen LogP) is 5.41. The van der Waals surface area contributed by atoms with E-state index in [1.54, 1.807) is 12.1 Å². The first-order valence-corrected chi connectivity index (χ1v) is 8.92. The molecule has 3 heterocycles. The quantitative estimate of drug-likeness (QED) is 0.451. The van der Waals surface area contributed by atoms with Gasteiger partial charge in [0.25, 0.3) is 0 Å². The Kier molecular flexibility index (Phi) is 4.01. The highest BCUT2D eigenvalue weighted by atomic mass is 35.5. The fraction of sp³-hybridized carbons (Fsp3) is 0.167. The van der Waals surface area contributed by atoms with Crippen molar-refractivity contribution >= 4 is 43.4 Å². The van der Waals surface area contributed by atoms with E-state index in [-0.39, 0.29) is 11.1 Å². The molecule has 0 fully saturated rings. The van der Waals surface area contributed by atoms with E-state index in [1.807, 2.05) is 19.9 Å².